The van der Waals surface area contributed by atoms with Gasteiger partial charge in [-0.05, 0) is 17.7 Å². The standard InChI is InChI=1S/C7H7BrS/c8-7-3-1-2-6(4-7)5-9/h1-4,9H,5H2. The molecule has 0 bridgehead atoms. The van der Waals surface area contributed by atoms with Crippen LogP contribution in [0.2, 0.25) is 0 Å². The monoisotopic (exact) mass is 202 g/mol. The molecule has 0 nitrogen and oxygen atoms in total. The average Bonchev–Trinajstić information content (AvgIpc) is 1.88. The van der Waals surface area contributed by atoms with Gasteiger partial charge in [0.15, 0.2) is 0 Å². The van der Waals surface area contributed by atoms with Gasteiger partial charge in [-0.3, -0.25) is 0 Å². The van der Waals surface area contributed by atoms with Crippen LogP contribution in [-0.2, 0) is 5.75 Å². The van der Waals surface area contributed by atoms with E-state index in [1.807, 2.05) is 12.1 Å². The lowest BCUT2D eigenvalue weighted by Gasteiger charge is -1.93. The minimum absolute atomic E-state index is 0.805. The van der Waals surface area contributed by atoms with E-state index in [1.54, 1.807) is 0 Å². The summed E-state index contributed by atoms with van der Waals surface area (Å²) in [6.45, 7) is 0. The van der Waals surface area contributed by atoms with Gasteiger partial charge in [0, 0.05) is 10.2 Å². The maximum absolute atomic E-state index is 4.14. The molecule has 0 amide bonds. The number of rotatable bonds is 1. The minimum atomic E-state index is 0.805. The van der Waals surface area contributed by atoms with Crippen LogP contribution < -0.4 is 0 Å². The first-order chi connectivity index (χ1) is 4.33. The van der Waals surface area contributed by atoms with Gasteiger partial charge < -0.3 is 0 Å². The van der Waals surface area contributed by atoms with Gasteiger partial charge in [-0.1, -0.05) is 28.1 Å². The van der Waals surface area contributed by atoms with Crippen LogP contribution in [0, 0.1) is 0 Å². The molecular formula is C7H7BrS. The van der Waals surface area contributed by atoms with Crippen LogP contribution in [-0.4, -0.2) is 0 Å². The SMILES string of the molecule is SCc1cccc(Br)c1. The summed E-state index contributed by atoms with van der Waals surface area (Å²) in [6, 6.07) is 8.13. The smallest absolute Gasteiger partial charge is 0.0178 e. The Hall–Kier alpha value is 0.0500. The van der Waals surface area contributed by atoms with E-state index < -0.39 is 0 Å². The highest BCUT2D eigenvalue weighted by Gasteiger charge is 1.87. The predicted octanol–water partition coefficient (Wildman–Crippen LogP) is 2.88. The molecule has 0 aliphatic heterocycles. The molecule has 0 aliphatic rings. The molecule has 9 heavy (non-hydrogen) atoms. The molecule has 48 valence electrons. The van der Waals surface area contributed by atoms with Crippen molar-refractivity contribution in [2.24, 2.45) is 0 Å². The third-order valence-electron chi connectivity index (χ3n) is 1.07. The van der Waals surface area contributed by atoms with E-state index in [2.05, 4.69) is 40.7 Å². The number of hydrogen-bond donors (Lipinski definition) is 1. The summed E-state index contributed by atoms with van der Waals surface area (Å²) >= 11 is 7.51. The molecule has 0 aliphatic carbocycles. The summed E-state index contributed by atoms with van der Waals surface area (Å²) in [6.07, 6.45) is 0. The Morgan fingerprint density at radius 1 is 1.44 bits per heavy atom. The Bertz CT molecular complexity index is 198. The Morgan fingerprint density at radius 2 is 2.22 bits per heavy atom. The van der Waals surface area contributed by atoms with E-state index >= 15 is 0 Å². The highest BCUT2D eigenvalue weighted by atomic mass is 79.9. The zero-order valence-corrected chi connectivity index (χ0v) is 7.32. The third-order valence-corrected chi connectivity index (χ3v) is 1.93. The first kappa shape index (κ1) is 7.16. The fraction of sp³-hybridized carbons (Fsp3) is 0.143. The van der Waals surface area contributed by atoms with Crippen LogP contribution >= 0.6 is 28.6 Å². The second kappa shape index (κ2) is 3.28. The van der Waals surface area contributed by atoms with E-state index in [1.165, 1.54) is 5.56 Å². The fourth-order valence-corrected chi connectivity index (χ4v) is 1.28. The van der Waals surface area contributed by atoms with Gasteiger partial charge in [-0.15, -0.1) is 0 Å². The van der Waals surface area contributed by atoms with E-state index in [0.29, 0.717) is 0 Å². The van der Waals surface area contributed by atoms with E-state index in [-0.39, 0.29) is 0 Å². The number of thiol groups is 1. The summed E-state index contributed by atoms with van der Waals surface area (Å²) in [4.78, 5) is 0. The number of halogens is 1. The van der Waals surface area contributed by atoms with Gasteiger partial charge in [-0.2, -0.15) is 12.6 Å². The molecule has 0 heterocycles. The third kappa shape index (κ3) is 2.03. The molecule has 1 aromatic carbocycles. The fourth-order valence-electron chi connectivity index (χ4n) is 0.635. The van der Waals surface area contributed by atoms with Crippen molar-refractivity contribution in [2.75, 3.05) is 0 Å². The van der Waals surface area contributed by atoms with Crippen molar-refractivity contribution in [3.05, 3.63) is 34.3 Å². The minimum Gasteiger partial charge on any atom is -0.175 e. The van der Waals surface area contributed by atoms with Crippen molar-refractivity contribution in [1.29, 1.82) is 0 Å². The first-order valence-electron chi connectivity index (χ1n) is 2.68. The van der Waals surface area contributed by atoms with Gasteiger partial charge in [0.1, 0.15) is 0 Å². The van der Waals surface area contributed by atoms with Crippen molar-refractivity contribution < 1.29 is 0 Å². The lowest BCUT2D eigenvalue weighted by Crippen LogP contribution is -1.74. The molecule has 0 spiro atoms. The molecule has 1 rings (SSSR count). The van der Waals surface area contributed by atoms with Crippen molar-refractivity contribution in [1.82, 2.24) is 0 Å². The maximum Gasteiger partial charge on any atom is 0.0178 e. The van der Waals surface area contributed by atoms with Crippen LogP contribution in [0.5, 0.6) is 0 Å². The summed E-state index contributed by atoms with van der Waals surface area (Å²) in [5, 5.41) is 0. The zero-order valence-electron chi connectivity index (χ0n) is 4.84. The summed E-state index contributed by atoms with van der Waals surface area (Å²) in [5.74, 6) is 0.805. The molecule has 0 aromatic heterocycles. The summed E-state index contributed by atoms with van der Waals surface area (Å²) < 4.78 is 1.12. The largest absolute Gasteiger partial charge is 0.175 e. The van der Waals surface area contributed by atoms with Gasteiger partial charge in [0.05, 0.1) is 0 Å². The van der Waals surface area contributed by atoms with Crippen LogP contribution in [0.4, 0.5) is 0 Å². The molecule has 1 aromatic rings. The topological polar surface area (TPSA) is 0 Å². The van der Waals surface area contributed by atoms with Crippen molar-refractivity contribution in [3.63, 3.8) is 0 Å². The summed E-state index contributed by atoms with van der Waals surface area (Å²) in [7, 11) is 0. The van der Waals surface area contributed by atoms with Crippen LogP contribution in [0.15, 0.2) is 28.7 Å². The van der Waals surface area contributed by atoms with Crippen molar-refractivity contribution in [3.8, 4) is 0 Å². The van der Waals surface area contributed by atoms with Gasteiger partial charge in [-0.25, -0.2) is 0 Å². The van der Waals surface area contributed by atoms with Crippen molar-refractivity contribution in [2.45, 2.75) is 5.75 Å². The predicted molar refractivity (Wildman–Crippen MR) is 46.8 cm³/mol. The number of hydrogen-bond acceptors (Lipinski definition) is 1. The molecule has 0 fully saturated rings. The zero-order chi connectivity index (χ0) is 6.69. The normalized spacial score (nSPS) is 9.56. The van der Waals surface area contributed by atoms with E-state index in [0.717, 1.165) is 10.2 Å². The van der Waals surface area contributed by atoms with Crippen LogP contribution in [0.1, 0.15) is 5.56 Å². The first-order valence-corrected chi connectivity index (χ1v) is 4.11. The van der Waals surface area contributed by atoms with E-state index in [4.69, 9.17) is 0 Å². The molecule has 0 radical (unpaired) electrons. The van der Waals surface area contributed by atoms with E-state index in [9.17, 15) is 0 Å². The molecule has 0 saturated carbocycles. The average molecular weight is 203 g/mol. The molecule has 0 atom stereocenters. The molecule has 0 unspecified atom stereocenters. The van der Waals surface area contributed by atoms with Gasteiger partial charge in [0.2, 0.25) is 0 Å². The molecule has 2 heteroatoms. The molecule has 0 saturated heterocycles. The Kier molecular flexibility index (Phi) is 2.61. The van der Waals surface area contributed by atoms with Crippen LogP contribution in [0.25, 0.3) is 0 Å². The molecular weight excluding hydrogens is 196 g/mol. The highest BCUT2D eigenvalue weighted by molar-refractivity contribution is 9.10. The second-order valence-corrected chi connectivity index (χ2v) is 3.02. The Morgan fingerprint density at radius 3 is 2.67 bits per heavy atom. The summed E-state index contributed by atoms with van der Waals surface area (Å²) in [5.41, 5.74) is 1.24. The quantitative estimate of drug-likeness (QED) is 0.666. The molecule has 0 N–H and O–H groups in total. The van der Waals surface area contributed by atoms with Gasteiger partial charge in [0.25, 0.3) is 0 Å². The Balaban J connectivity index is 2.94. The second-order valence-electron chi connectivity index (χ2n) is 1.79. The van der Waals surface area contributed by atoms with Gasteiger partial charge >= 0.3 is 0 Å². The van der Waals surface area contributed by atoms with Crippen molar-refractivity contribution >= 4 is 28.6 Å². The lowest BCUT2D eigenvalue weighted by molar-refractivity contribution is 1.41. The Labute approximate surface area is 68.8 Å². The highest BCUT2D eigenvalue weighted by Crippen LogP contribution is 2.12. The number of benzene rings is 1. The maximum atomic E-state index is 4.14. The van der Waals surface area contributed by atoms with Crippen LogP contribution in [0.3, 0.4) is 0 Å². The lowest BCUT2D eigenvalue weighted by atomic mass is 10.2.